The molecule has 176 valence electrons. The highest BCUT2D eigenvalue weighted by Gasteiger charge is 2.12. The van der Waals surface area contributed by atoms with E-state index in [1.165, 1.54) is 16.3 Å². The van der Waals surface area contributed by atoms with Crippen LogP contribution in [-0.4, -0.2) is 28.6 Å². The minimum absolute atomic E-state index is 0.0257. The number of fused-ring (bicyclic) bond motifs is 2. The Kier molecular flexibility index (Phi) is 6.96. The van der Waals surface area contributed by atoms with Crippen LogP contribution in [0.25, 0.3) is 21.8 Å². The van der Waals surface area contributed by atoms with Crippen LogP contribution in [0.4, 0.5) is 0 Å². The minimum Gasteiger partial charge on any atom is -0.484 e. The lowest BCUT2D eigenvalue weighted by atomic mass is 10.1. The number of carbonyl (C=O) groups excluding carboxylic acids is 1. The number of ether oxygens (including phenoxy) is 1. The second kappa shape index (κ2) is 10.6. The third-order valence-corrected chi connectivity index (χ3v) is 6.22. The zero-order valence-corrected chi connectivity index (χ0v) is 20.0. The van der Waals surface area contributed by atoms with Crippen LogP contribution in [0.1, 0.15) is 17.8 Å². The molecule has 1 N–H and O–H groups in total. The summed E-state index contributed by atoms with van der Waals surface area (Å²) in [5.74, 6) is 1.49. The summed E-state index contributed by atoms with van der Waals surface area (Å²) in [7, 11) is 0. The van der Waals surface area contributed by atoms with Crippen molar-refractivity contribution < 1.29 is 9.53 Å². The lowest BCUT2D eigenvalue weighted by Gasteiger charge is -2.11. The number of amides is 1. The molecular formula is C29H26ClN3O2. The summed E-state index contributed by atoms with van der Waals surface area (Å²) in [5, 5.41) is 6.04. The molecule has 5 aromatic rings. The van der Waals surface area contributed by atoms with Gasteiger partial charge in [-0.2, -0.15) is 0 Å². The van der Waals surface area contributed by atoms with Crippen molar-refractivity contribution in [2.75, 3.05) is 13.2 Å². The molecule has 0 unspecified atom stereocenters. The van der Waals surface area contributed by atoms with Gasteiger partial charge >= 0.3 is 0 Å². The lowest BCUT2D eigenvalue weighted by molar-refractivity contribution is -0.123. The number of hydrogen-bond acceptors (Lipinski definition) is 3. The van der Waals surface area contributed by atoms with Gasteiger partial charge in [-0.25, -0.2) is 4.98 Å². The first-order valence-electron chi connectivity index (χ1n) is 11.7. The van der Waals surface area contributed by atoms with Gasteiger partial charge in [0.2, 0.25) is 0 Å². The number of aromatic nitrogens is 2. The van der Waals surface area contributed by atoms with Crippen molar-refractivity contribution >= 4 is 39.3 Å². The fourth-order valence-electron chi connectivity index (χ4n) is 4.22. The van der Waals surface area contributed by atoms with Crippen molar-refractivity contribution in [3.8, 4) is 5.75 Å². The molecule has 0 aliphatic heterocycles. The monoisotopic (exact) mass is 483 g/mol. The van der Waals surface area contributed by atoms with Crippen molar-refractivity contribution in [2.24, 2.45) is 0 Å². The number of halogens is 1. The molecule has 0 spiro atoms. The van der Waals surface area contributed by atoms with Gasteiger partial charge < -0.3 is 14.6 Å². The van der Waals surface area contributed by atoms with E-state index in [0.717, 1.165) is 36.2 Å². The summed E-state index contributed by atoms with van der Waals surface area (Å²) in [6.07, 6.45) is 1.55. The zero-order valence-electron chi connectivity index (χ0n) is 19.3. The van der Waals surface area contributed by atoms with Crippen LogP contribution in [0.15, 0.2) is 91.0 Å². The second-order valence-corrected chi connectivity index (χ2v) is 8.92. The van der Waals surface area contributed by atoms with Gasteiger partial charge in [0.05, 0.1) is 11.0 Å². The van der Waals surface area contributed by atoms with Crippen molar-refractivity contribution in [3.63, 3.8) is 0 Å². The van der Waals surface area contributed by atoms with Gasteiger partial charge in [0.15, 0.2) is 6.61 Å². The van der Waals surface area contributed by atoms with Crippen molar-refractivity contribution in [1.29, 1.82) is 0 Å². The van der Waals surface area contributed by atoms with Gasteiger partial charge in [0, 0.05) is 24.5 Å². The molecule has 5 nitrogen and oxygen atoms in total. The topological polar surface area (TPSA) is 56.1 Å². The zero-order chi connectivity index (χ0) is 24.0. The summed E-state index contributed by atoms with van der Waals surface area (Å²) in [6.45, 7) is 1.28. The van der Waals surface area contributed by atoms with E-state index in [1.54, 1.807) is 24.3 Å². The van der Waals surface area contributed by atoms with E-state index in [1.807, 2.05) is 18.2 Å². The summed E-state index contributed by atoms with van der Waals surface area (Å²) >= 11 is 5.87. The highest BCUT2D eigenvalue weighted by molar-refractivity contribution is 6.30. The molecular weight excluding hydrogens is 458 g/mol. The Morgan fingerprint density at radius 3 is 2.54 bits per heavy atom. The standard InChI is InChI=1S/C29H26ClN3O2/c30-24-13-15-25(16-14-24)35-20-29(34)31-17-5-10-28-32-26-8-3-4-9-27(26)33(28)19-21-11-12-22-6-1-2-7-23(22)18-21/h1-4,6-9,11-16,18H,5,10,17,19-20H2,(H,31,34). The molecule has 0 aliphatic rings. The Hall–Kier alpha value is -3.83. The predicted molar refractivity (Wildman–Crippen MR) is 141 cm³/mol. The molecule has 4 aromatic carbocycles. The Bertz CT molecular complexity index is 1460. The van der Waals surface area contributed by atoms with Gasteiger partial charge in [-0.15, -0.1) is 0 Å². The number of rotatable bonds is 9. The maximum atomic E-state index is 12.2. The van der Waals surface area contributed by atoms with Crippen LogP contribution < -0.4 is 10.1 Å². The molecule has 1 heterocycles. The van der Waals surface area contributed by atoms with Crippen molar-refractivity contribution in [2.45, 2.75) is 19.4 Å². The highest BCUT2D eigenvalue weighted by Crippen LogP contribution is 2.21. The minimum atomic E-state index is -0.149. The van der Waals surface area contributed by atoms with Crippen LogP contribution in [0.5, 0.6) is 5.75 Å². The Morgan fingerprint density at radius 2 is 1.69 bits per heavy atom. The number of benzene rings is 4. The van der Waals surface area contributed by atoms with E-state index < -0.39 is 0 Å². The van der Waals surface area contributed by atoms with E-state index in [9.17, 15) is 4.79 Å². The first-order valence-corrected chi connectivity index (χ1v) is 12.1. The van der Waals surface area contributed by atoms with Gasteiger partial charge in [0.25, 0.3) is 5.91 Å². The van der Waals surface area contributed by atoms with Gasteiger partial charge in [-0.3, -0.25) is 4.79 Å². The van der Waals surface area contributed by atoms with Crippen LogP contribution in [0.3, 0.4) is 0 Å². The fourth-order valence-corrected chi connectivity index (χ4v) is 4.34. The normalized spacial score (nSPS) is 11.1. The molecule has 0 aliphatic carbocycles. The fraction of sp³-hybridized carbons (Fsp3) is 0.172. The molecule has 0 saturated carbocycles. The molecule has 1 aromatic heterocycles. The Labute approximate surface area is 209 Å². The molecule has 0 radical (unpaired) electrons. The second-order valence-electron chi connectivity index (χ2n) is 8.48. The maximum absolute atomic E-state index is 12.2. The Morgan fingerprint density at radius 1 is 0.914 bits per heavy atom. The molecule has 0 bridgehead atoms. The molecule has 6 heteroatoms. The molecule has 35 heavy (non-hydrogen) atoms. The van der Waals surface area contributed by atoms with Crippen molar-refractivity contribution in [1.82, 2.24) is 14.9 Å². The number of imidazole rings is 1. The first kappa shape index (κ1) is 22.9. The van der Waals surface area contributed by atoms with E-state index in [-0.39, 0.29) is 12.5 Å². The van der Waals surface area contributed by atoms with E-state index in [4.69, 9.17) is 21.3 Å². The smallest absolute Gasteiger partial charge is 0.257 e. The summed E-state index contributed by atoms with van der Waals surface area (Å²) < 4.78 is 7.79. The van der Waals surface area contributed by atoms with Crippen LogP contribution >= 0.6 is 11.6 Å². The third kappa shape index (κ3) is 5.64. The molecule has 0 atom stereocenters. The number of para-hydroxylation sites is 2. The van der Waals surface area contributed by atoms with Gasteiger partial charge in [0.1, 0.15) is 11.6 Å². The maximum Gasteiger partial charge on any atom is 0.257 e. The predicted octanol–water partition coefficient (Wildman–Crippen LogP) is 6.02. The Balaban J connectivity index is 1.21. The van der Waals surface area contributed by atoms with Crippen molar-refractivity contribution in [3.05, 3.63) is 107 Å². The molecule has 1 amide bonds. The van der Waals surface area contributed by atoms with E-state index in [2.05, 4.69) is 58.4 Å². The van der Waals surface area contributed by atoms with Gasteiger partial charge in [-0.05, 0) is 65.2 Å². The van der Waals surface area contributed by atoms with Crippen LogP contribution in [-0.2, 0) is 17.8 Å². The molecule has 0 saturated heterocycles. The molecule has 0 fully saturated rings. The largest absolute Gasteiger partial charge is 0.484 e. The highest BCUT2D eigenvalue weighted by atomic mass is 35.5. The van der Waals surface area contributed by atoms with Crippen LogP contribution in [0, 0.1) is 0 Å². The molecule has 5 rings (SSSR count). The first-order chi connectivity index (χ1) is 17.2. The summed E-state index contributed by atoms with van der Waals surface area (Å²) in [5.41, 5.74) is 3.35. The average molecular weight is 484 g/mol. The number of hydrogen-bond donors (Lipinski definition) is 1. The van der Waals surface area contributed by atoms with E-state index >= 15 is 0 Å². The lowest BCUT2D eigenvalue weighted by Crippen LogP contribution is -2.30. The summed E-state index contributed by atoms with van der Waals surface area (Å²) in [4.78, 5) is 17.1. The number of aryl methyl sites for hydroxylation is 1. The third-order valence-electron chi connectivity index (χ3n) is 5.97. The summed E-state index contributed by atoms with van der Waals surface area (Å²) in [6, 6.07) is 30.2. The number of carbonyl (C=O) groups is 1. The SMILES string of the molecule is O=C(COc1ccc(Cl)cc1)NCCCc1nc2ccccc2n1Cc1ccc2ccccc2c1. The van der Waals surface area contributed by atoms with Crippen LogP contribution in [0.2, 0.25) is 5.02 Å². The number of nitrogens with zero attached hydrogens (tertiary/aromatic N) is 2. The van der Waals surface area contributed by atoms with Gasteiger partial charge in [-0.1, -0.05) is 60.1 Å². The number of nitrogens with one attached hydrogen (secondary N) is 1. The average Bonchev–Trinajstić information content (AvgIpc) is 3.23. The quantitative estimate of drug-likeness (QED) is 0.261. The van der Waals surface area contributed by atoms with E-state index in [0.29, 0.717) is 17.3 Å².